The summed E-state index contributed by atoms with van der Waals surface area (Å²) in [5.74, 6) is -0.299. The number of nitrogens with zero attached hydrogens (tertiary/aromatic N) is 1. The van der Waals surface area contributed by atoms with Crippen LogP contribution in [0.3, 0.4) is 0 Å². The largest absolute Gasteiger partial charge is 0.756 e. The molecule has 0 spiro atoms. The van der Waals surface area contributed by atoms with Gasteiger partial charge in [-0.05, 0) is 83.5 Å². The van der Waals surface area contributed by atoms with Gasteiger partial charge in [0.1, 0.15) is 13.2 Å². The van der Waals surface area contributed by atoms with Gasteiger partial charge >= 0.3 is 0 Å². The lowest BCUT2D eigenvalue weighted by Crippen LogP contribution is -2.45. The second-order valence-corrected chi connectivity index (χ2v) is 17.8. The predicted molar refractivity (Wildman–Crippen MR) is 256 cm³/mol. The Hall–Kier alpha value is -2.84. The number of phosphoric ester groups is 1. The molecule has 0 aliphatic carbocycles. The number of allylic oxidation sites excluding steroid dienone is 17. The van der Waals surface area contributed by atoms with Crippen molar-refractivity contribution < 1.29 is 32.9 Å². The summed E-state index contributed by atoms with van der Waals surface area (Å²) in [4.78, 5) is 25.3. The number of aliphatic hydroxyl groups is 1. The van der Waals surface area contributed by atoms with Crippen LogP contribution >= 0.6 is 7.82 Å². The zero-order valence-electron chi connectivity index (χ0n) is 38.6. The van der Waals surface area contributed by atoms with E-state index in [0.717, 1.165) is 57.8 Å². The minimum absolute atomic E-state index is 0.0289. The van der Waals surface area contributed by atoms with Gasteiger partial charge in [-0.25, -0.2) is 0 Å². The van der Waals surface area contributed by atoms with Gasteiger partial charge in [0.2, 0.25) is 5.91 Å². The number of rotatable bonds is 40. The van der Waals surface area contributed by atoms with Crippen molar-refractivity contribution in [2.45, 2.75) is 167 Å². The van der Waals surface area contributed by atoms with Gasteiger partial charge in [-0.3, -0.25) is 9.36 Å². The lowest BCUT2D eigenvalue weighted by molar-refractivity contribution is -0.870. The summed E-state index contributed by atoms with van der Waals surface area (Å²) >= 11 is 0. The fourth-order valence-electron chi connectivity index (χ4n) is 5.79. The zero-order chi connectivity index (χ0) is 44.3. The number of quaternary nitrogens is 1. The maximum absolute atomic E-state index is 12.8. The van der Waals surface area contributed by atoms with Crippen LogP contribution in [0, 0.1) is 0 Å². The summed E-state index contributed by atoms with van der Waals surface area (Å²) in [6.07, 6.45) is 60.2. The number of hydrogen-bond acceptors (Lipinski definition) is 6. The Balaban J connectivity index is 4.63. The van der Waals surface area contributed by atoms with Gasteiger partial charge in [-0.15, -0.1) is 0 Å². The van der Waals surface area contributed by atoms with E-state index >= 15 is 0 Å². The molecule has 9 heteroatoms. The molecule has 60 heavy (non-hydrogen) atoms. The van der Waals surface area contributed by atoms with Gasteiger partial charge in [-0.1, -0.05) is 175 Å². The molecule has 0 heterocycles. The molecule has 342 valence electrons. The van der Waals surface area contributed by atoms with Crippen molar-refractivity contribution >= 4 is 13.7 Å². The number of unbranched alkanes of at least 4 members (excludes halogenated alkanes) is 11. The monoisotopic (exact) mass is 855 g/mol. The van der Waals surface area contributed by atoms with Crippen LogP contribution < -0.4 is 10.2 Å². The lowest BCUT2D eigenvalue weighted by atomic mass is 10.1. The zero-order valence-corrected chi connectivity index (χ0v) is 39.5. The summed E-state index contributed by atoms with van der Waals surface area (Å²) in [7, 11) is 1.17. The highest BCUT2D eigenvalue weighted by molar-refractivity contribution is 7.45. The topological polar surface area (TPSA) is 108 Å². The molecule has 3 atom stereocenters. The first kappa shape index (κ1) is 57.2. The first-order valence-corrected chi connectivity index (χ1v) is 24.7. The molecule has 0 aromatic heterocycles. The summed E-state index contributed by atoms with van der Waals surface area (Å²) in [6.45, 7) is 4.41. The predicted octanol–water partition coefficient (Wildman–Crippen LogP) is 12.7. The quantitative estimate of drug-likeness (QED) is 0.0275. The fraction of sp³-hybridized carbons (Fsp3) is 0.627. The number of carbonyl (C=O) groups is 1. The van der Waals surface area contributed by atoms with E-state index in [4.69, 9.17) is 9.05 Å². The van der Waals surface area contributed by atoms with Gasteiger partial charge < -0.3 is 28.8 Å². The van der Waals surface area contributed by atoms with E-state index < -0.39 is 26.6 Å². The SMILES string of the molecule is CC/C=C\C/C=C\C/C=C\C/C=C\C/C=C\C/C=C\CCC(=O)NC(COP(=O)([O-])OCC[N+](C)(C)C)C(O)/C=C/CC/C=C/CC/C=C/CCCCCCCCCCC. The van der Waals surface area contributed by atoms with Gasteiger partial charge in [0.25, 0.3) is 7.82 Å². The van der Waals surface area contributed by atoms with Crippen LogP contribution in [0.15, 0.2) is 109 Å². The van der Waals surface area contributed by atoms with E-state index in [-0.39, 0.29) is 18.9 Å². The Kier molecular flexibility index (Phi) is 39.5. The highest BCUT2D eigenvalue weighted by Crippen LogP contribution is 2.38. The maximum Gasteiger partial charge on any atom is 0.268 e. The average Bonchev–Trinajstić information content (AvgIpc) is 3.20. The number of likely N-dealkylation sites (N-methyl/N-ethyl adjacent to an activating group) is 1. The summed E-state index contributed by atoms with van der Waals surface area (Å²) in [5.41, 5.74) is 0. The Morgan fingerprint density at radius 1 is 0.600 bits per heavy atom. The third kappa shape index (κ3) is 43.3. The molecule has 0 aliphatic rings. The summed E-state index contributed by atoms with van der Waals surface area (Å²) in [6, 6.07) is -0.957. The molecular weight excluding hydrogens is 768 g/mol. The first-order valence-electron chi connectivity index (χ1n) is 23.2. The Morgan fingerprint density at radius 2 is 1.03 bits per heavy atom. The van der Waals surface area contributed by atoms with E-state index in [1.807, 2.05) is 39.4 Å². The molecule has 0 saturated carbocycles. The van der Waals surface area contributed by atoms with Gasteiger partial charge in [-0.2, -0.15) is 0 Å². The highest BCUT2D eigenvalue weighted by Gasteiger charge is 2.23. The molecule has 0 aromatic rings. The maximum atomic E-state index is 12.8. The third-order valence-corrected chi connectivity index (χ3v) is 10.4. The van der Waals surface area contributed by atoms with Crippen molar-refractivity contribution in [1.82, 2.24) is 5.32 Å². The molecule has 0 aromatic carbocycles. The minimum Gasteiger partial charge on any atom is -0.756 e. The number of aliphatic hydroxyl groups excluding tert-OH is 1. The third-order valence-electron chi connectivity index (χ3n) is 9.46. The van der Waals surface area contributed by atoms with E-state index in [0.29, 0.717) is 23.9 Å². The Morgan fingerprint density at radius 3 is 1.53 bits per heavy atom. The van der Waals surface area contributed by atoms with E-state index in [2.05, 4.69) is 104 Å². The number of phosphoric acid groups is 1. The molecule has 0 fully saturated rings. The second-order valence-electron chi connectivity index (χ2n) is 16.4. The Labute approximate surface area is 368 Å². The van der Waals surface area contributed by atoms with Crippen LogP contribution in [0.4, 0.5) is 0 Å². The molecule has 3 unspecified atom stereocenters. The van der Waals surface area contributed by atoms with E-state index in [1.165, 1.54) is 64.2 Å². The number of nitrogens with one attached hydrogen (secondary N) is 1. The van der Waals surface area contributed by atoms with Crippen molar-refractivity contribution in [1.29, 1.82) is 0 Å². The minimum atomic E-state index is -4.63. The Bertz CT molecular complexity index is 1340. The van der Waals surface area contributed by atoms with Crippen LogP contribution in [0.1, 0.15) is 155 Å². The molecule has 2 N–H and O–H groups in total. The highest BCUT2D eigenvalue weighted by atomic mass is 31.2. The number of amides is 1. The van der Waals surface area contributed by atoms with Crippen molar-refractivity contribution in [2.75, 3.05) is 40.9 Å². The molecular formula is C51H87N2O6P. The first-order chi connectivity index (χ1) is 29.0. The van der Waals surface area contributed by atoms with Crippen LogP contribution in [0.2, 0.25) is 0 Å². The van der Waals surface area contributed by atoms with Crippen LogP contribution in [-0.4, -0.2) is 68.5 Å². The molecule has 1 amide bonds. The molecule has 0 radical (unpaired) electrons. The van der Waals surface area contributed by atoms with E-state index in [9.17, 15) is 19.4 Å². The van der Waals surface area contributed by atoms with Crippen molar-refractivity contribution in [3.05, 3.63) is 109 Å². The van der Waals surface area contributed by atoms with Gasteiger partial charge in [0, 0.05) is 6.42 Å². The van der Waals surface area contributed by atoms with E-state index in [1.54, 1.807) is 6.08 Å². The fourth-order valence-corrected chi connectivity index (χ4v) is 6.52. The number of hydrogen-bond donors (Lipinski definition) is 2. The molecule has 0 rings (SSSR count). The molecule has 8 nitrogen and oxygen atoms in total. The van der Waals surface area contributed by atoms with Crippen molar-refractivity contribution in [3.63, 3.8) is 0 Å². The van der Waals surface area contributed by atoms with Crippen LogP contribution in [0.5, 0.6) is 0 Å². The normalized spacial score (nSPS) is 15.2. The average molecular weight is 855 g/mol. The van der Waals surface area contributed by atoms with Gasteiger partial charge in [0.15, 0.2) is 0 Å². The standard InChI is InChI=1S/C51H87N2O6P/c1-6-8-10-12-14-16-18-20-22-24-26-28-30-32-34-36-38-40-42-44-50(54)49(48-59-60(56,57)58-47-46-53(3,4)5)52-51(55)45-43-41-39-37-35-33-31-29-27-25-23-21-19-17-15-13-11-9-7-2/h9,11,15,17,21,23,26-29,33-36,39,41-42,44,49-50,54H,6-8,10,12-14,16,18-20,22,24-25,30-32,37-38,40,43,45-48H2,1-5H3,(H-,52,55,56,57)/b11-9-,17-15-,23-21-,28-26+,29-27-,35-33-,36-34+,41-39-,44-42+. The molecule has 0 aliphatic heterocycles. The molecule has 0 bridgehead atoms. The summed E-state index contributed by atoms with van der Waals surface area (Å²) in [5, 5.41) is 13.7. The van der Waals surface area contributed by atoms with Crippen LogP contribution in [0.25, 0.3) is 0 Å². The van der Waals surface area contributed by atoms with Crippen molar-refractivity contribution in [2.24, 2.45) is 0 Å². The number of carbonyl (C=O) groups excluding carboxylic acids is 1. The smallest absolute Gasteiger partial charge is 0.268 e. The lowest BCUT2D eigenvalue weighted by Gasteiger charge is -2.29. The van der Waals surface area contributed by atoms with Crippen molar-refractivity contribution in [3.8, 4) is 0 Å². The summed E-state index contributed by atoms with van der Waals surface area (Å²) < 4.78 is 23.1. The van der Waals surface area contributed by atoms with Crippen LogP contribution in [-0.2, 0) is 18.4 Å². The van der Waals surface area contributed by atoms with Gasteiger partial charge in [0.05, 0.1) is 39.9 Å². The molecule has 0 saturated heterocycles. The second kappa shape index (κ2) is 41.5.